The van der Waals surface area contributed by atoms with Crippen molar-refractivity contribution >= 4 is 0 Å². The van der Waals surface area contributed by atoms with Gasteiger partial charge in [0, 0.05) is 0 Å². The molecule has 88 valence electrons. The van der Waals surface area contributed by atoms with Crippen LogP contribution in [0.2, 0.25) is 0 Å². The molecule has 0 bridgehead atoms. The molecule has 0 aromatic rings. The molecule has 0 saturated carbocycles. The third-order valence-electron chi connectivity index (χ3n) is 2.16. The van der Waals surface area contributed by atoms with Crippen LogP contribution in [0.15, 0.2) is 61.3 Å². The smallest absolute Gasteiger partial charge is 0.0348 e. The van der Waals surface area contributed by atoms with E-state index in [1.165, 1.54) is 32.1 Å². The summed E-state index contributed by atoms with van der Waals surface area (Å²) in [7, 11) is 0. The van der Waals surface area contributed by atoms with Gasteiger partial charge in [0.2, 0.25) is 0 Å². The third kappa shape index (κ3) is 12.7. The zero-order valence-electron chi connectivity index (χ0n) is 10.4. The second kappa shape index (κ2) is 13.7. The van der Waals surface area contributed by atoms with Crippen molar-refractivity contribution in [1.82, 2.24) is 0 Å². The molecule has 0 N–H and O–H groups in total. The summed E-state index contributed by atoms with van der Waals surface area (Å²) in [5.74, 6) is 0. The van der Waals surface area contributed by atoms with Crippen LogP contribution >= 0.6 is 0 Å². The molecule has 0 heteroatoms. The first-order valence-corrected chi connectivity index (χ1v) is 6.19. The third-order valence-corrected chi connectivity index (χ3v) is 2.16. The largest absolute Gasteiger partial charge is 0.0991 e. The highest BCUT2D eigenvalue weighted by Crippen LogP contribution is 2.02. The van der Waals surface area contributed by atoms with E-state index in [-0.39, 0.29) is 0 Å². The van der Waals surface area contributed by atoms with Gasteiger partial charge in [-0.1, -0.05) is 87.4 Å². The molecule has 0 amide bonds. The molecular weight excluding hydrogens is 192 g/mol. The van der Waals surface area contributed by atoms with Gasteiger partial charge in [-0.15, -0.1) is 0 Å². The first-order chi connectivity index (χ1) is 7.91. The van der Waals surface area contributed by atoms with Gasteiger partial charge >= 0.3 is 0 Å². The van der Waals surface area contributed by atoms with Crippen LogP contribution in [-0.4, -0.2) is 0 Å². The van der Waals surface area contributed by atoms with Crippen molar-refractivity contribution in [1.29, 1.82) is 0 Å². The number of rotatable bonds is 9. The van der Waals surface area contributed by atoms with Crippen molar-refractivity contribution in [3.8, 4) is 0 Å². The van der Waals surface area contributed by atoms with Crippen LogP contribution in [0.25, 0.3) is 0 Å². The van der Waals surface area contributed by atoms with Crippen molar-refractivity contribution in [3.05, 3.63) is 61.3 Å². The molecule has 0 rings (SSSR count). The number of hydrogen-bond acceptors (Lipinski definition) is 0. The van der Waals surface area contributed by atoms with Gasteiger partial charge < -0.3 is 0 Å². The number of hydrogen-bond donors (Lipinski definition) is 0. The maximum Gasteiger partial charge on any atom is -0.0348 e. The summed E-state index contributed by atoms with van der Waals surface area (Å²) >= 11 is 0. The van der Waals surface area contributed by atoms with Gasteiger partial charge in [0.25, 0.3) is 0 Å². The second-order valence-electron chi connectivity index (χ2n) is 3.67. The molecule has 0 radical (unpaired) electrons. The summed E-state index contributed by atoms with van der Waals surface area (Å²) in [6.45, 7) is 5.84. The predicted octanol–water partition coefficient (Wildman–Crippen LogP) is 5.37. The molecular formula is C16H24. The minimum absolute atomic E-state index is 1.20. The molecule has 0 aliphatic heterocycles. The monoisotopic (exact) mass is 216 g/mol. The van der Waals surface area contributed by atoms with E-state index in [2.05, 4.69) is 31.7 Å². The molecule has 16 heavy (non-hydrogen) atoms. The SMILES string of the molecule is C=CC=CC=CC=CC=CCCCCCC. The van der Waals surface area contributed by atoms with E-state index in [9.17, 15) is 0 Å². The Morgan fingerprint density at radius 3 is 2.00 bits per heavy atom. The molecule has 0 unspecified atom stereocenters. The fraction of sp³-hybridized carbons (Fsp3) is 0.375. The van der Waals surface area contributed by atoms with Gasteiger partial charge in [0.1, 0.15) is 0 Å². The standard InChI is InChI=1S/C16H24/c1-3-5-7-9-11-13-15-16-14-12-10-8-6-4-2/h3,5,7,9,11,13-16H,1,4,6,8,10,12H2,2H3. The van der Waals surface area contributed by atoms with E-state index in [0.717, 1.165) is 0 Å². The van der Waals surface area contributed by atoms with E-state index in [1.54, 1.807) is 6.08 Å². The quantitative estimate of drug-likeness (QED) is 0.359. The molecule has 0 aliphatic carbocycles. The zero-order chi connectivity index (χ0) is 11.9. The second-order valence-corrected chi connectivity index (χ2v) is 3.67. The summed E-state index contributed by atoms with van der Waals surface area (Å²) in [6.07, 6.45) is 24.7. The molecule has 0 aliphatic rings. The minimum atomic E-state index is 1.20. The van der Waals surface area contributed by atoms with E-state index >= 15 is 0 Å². The van der Waals surface area contributed by atoms with Crippen LogP contribution in [0.4, 0.5) is 0 Å². The summed E-state index contributed by atoms with van der Waals surface area (Å²) in [5, 5.41) is 0. The van der Waals surface area contributed by atoms with Crippen LogP contribution in [0.3, 0.4) is 0 Å². The van der Waals surface area contributed by atoms with Crippen LogP contribution in [0.1, 0.15) is 39.0 Å². The molecule has 0 saturated heterocycles. The maximum absolute atomic E-state index is 3.60. The lowest BCUT2D eigenvalue weighted by Gasteiger charge is -1.92. The Bertz CT molecular complexity index is 251. The predicted molar refractivity (Wildman–Crippen MR) is 75.5 cm³/mol. The average molecular weight is 216 g/mol. The summed E-state index contributed by atoms with van der Waals surface area (Å²) in [6, 6.07) is 0. The average Bonchev–Trinajstić information content (AvgIpc) is 2.31. The lowest BCUT2D eigenvalue weighted by atomic mass is 10.1. The Kier molecular flexibility index (Phi) is 12.6. The van der Waals surface area contributed by atoms with E-state index < -0.39 is 0 Å². The lowest BCUT2D eigenvalue weighted by Crippen LogP contribution is -1.72. The molecule has 0 nitrogen and oxygen atoms in total. The van der Waals surface area contributed by atoms with Crippen molar-refractivity contribution in [2.75, 3.05) is 0 Å². The molecule has 0 spiro atoms. The fourth-order valence-electron chi connectivity index (χ4n) is 1.26. The van der Waals surface area contributed by atoms with Crippen molar-refractivity contribution in [2.24, 2.45) is 0 Å². The Hall–Kier alpha value is -1.30. The van der Waals surface area contributed by atoms with Crippen LogP contribution in [0.5, 0.6) is 0 Å². The van der Waals surface area contributed by atoms with E-state index in [1.807, 2.05) is 30.4 Å². The van der Waals surface area contributed by atoms with Crippen molar-refractivity contribution in [2.45, 2.75) is 39.0 Å². The molecule has 0 fully saturated rings. The maximum atomic E-state index is 3.60. The normalized spacial score (nSPS) is 12.6. The molecule has 0 aromatic carbocycles. The van der Waals surface area contributed by atoms with Gasteiger partial charge in [-0.2, -0.15) is 0 Å². The Morgan fingerprint density at radius 1 is 0.750 bits per heavy atom. The Morgan fingerprint density at radius 2 is 1.38 bits per heavy atom. The molecule has 0 heterocycles. The van der Waals surface area contributed by atoms with Crippen LogP contribution in [0, 0.1) is 0 Å². The van der Waals surface area contributed by atoms with Gasteiger partial charge in [0.15, 0.2) is 0 Å². The highest BCUT2D eigenvalue weighted by molar-refractivity contribution is 5.17. The van der Waals surface area contributed by atoms with Gasteiger partial charge in [-0.25, -0.2) is 0 Å². The summed E-state index contributed by atoms with van der Waals surface area (Å²) in [4.78, 5) is 0. The minimum Gasteiger partial charge on any atom is -0.0991 e. The highest BCUT2D eigenvalue weighted by atomic mass is 13.9. The summed E-state index contributed by atoms with van der Waals surface area (Å²) in [5.41, 5.74) is 0. The molecule has 0 aromatic heterocycles. The topological polar surface area (TPSA) is 0 Å². The summed E-state index contributed by atoms with van der Waals surface area (Å²) < 4.78 is 0. The van der Waals surface area contributed by atoms with Gasteiger partial charge in [0.05, 0.1) is 0 Å². The first-order valence-electron chi connectivity index (χ1n) is 6.19. The first kappa shape index (κ1) is 14.7. The Labute approximate surface area is 101 Å². The molecule has 0 atom stereocenters. The highest BCUT2D eigenvalue weighted by Gasteiger charge is 1.82. The van der Waals surface area contributed by atoms with Gasteiger partial charge in [-0.05, 0) is 12.8 Å². The van der Waals surface area contributed by atoms with Crippen molar-refractivity contribution in [3.63, 3.8) is 0 Å². The van der Waals surface area contributed by atoms with Gasteiger partial charge in [-0.3, -0.25) is 0 Å². The van der Waals surface area contributed by atoms with E-state index in [0.29, 0.717) is 0 Å². The Balaban J connectivity index is 3.44. The fourth-order valence-corrected chi connectivity index (χ4v) is 1.26. The van der Waals surface area contributed by atoms with Crippen LogP contribution in [-0.2, 0) is 0 Å². The van der Waals surface area contributed by atoms with Crippen LogP contribution < -0.4 is 0 Å². The zero-order valence-corrected chi connectivity index (χ0v) is 10.4. The van der Waals surface area contributed by atoms with E-state index in [4.69, 9.17) is 0 Å². The lowest BCUT2D eigenvalue weighted by molar-refractivity contribution is 0.674. The number of allylic oxidation sites excluding steroid dienone is 9. The van der Waals surface area contributed by atoms with Crippen molar-refractivity contribution < 1.29 is 0 Å². The number of unbranched alkanes of at least 4 members (excludes halogenated alkanes) is 4.